The maximum atomic E-state index is 10.9. The lowest BCUT2D eigenvalue weighted by Gasteiger charge is -2.32. The highest BCUT2D eigenvalue weighted by Crippen LogP contribution is 2.23. The van der Waals surface area contributed by atoms with Gasteiger partial charge in [-0.15, -0.1) is 0 Å². The Kier molecular flexibility index (Phi) is 4.96. The molecule has 2 rings (SSSR count). The molecule has 0 saturated carbocycles. The summed E-state index contributed by atoms with van der Waals surface area (Å²) >= 11 is 3.44. The lowest BCUT2D eigenvalue weighted by molar-refractivity contribution is 0.0696. The molecule has 0 spiro atoms. The summed E-state index contributed by atoms with van der Waals surface area (Å²) in [5.41, 5.74) is 1.38. The monoisotopic (exact) mass is 327 g/mol. The normalized spacial score (nSPS) is 20.4. The number of carbonyl (C=O) groups is 1. The molecule has 0 amide bonds. The van der Waals surface area contributed by atoms with Gasteiger partial charge >= 0.3 is 5.97 Å². The Morgan fingerprint density at radius 1 is 1.47 bits per heavy atom. The lowest BCUT2D eigenvalue weighted by Crippen LogP contribution is -2.36. The Balaban J connectivity index is 2.04. The fraction of sp³-hybridized carbons (Fsp3) is 0.500. The minimum absolute atomic E-state index is 0.246. The van der Waals surface area contributed by atoms with Gasteiger partial charge < -0.3 is 10.2 Å². The van der Waals surface area contributed by atoms with Crippen LogP contribution in [0, 0.1) is 5.92 Å². The molecule has 1 saturated heterocycles. The quantitative estimate of drug-likeness (QED) is 0.891. The molecule has 2 N–H and O–H groups in total. The van der Waals surface area contributed by atoms with E-state index in [2.05, 4.69) is 20.8 Å². The molecule has 104 valence electrons. The topological polar surface area (TPSA) is 60.8 Å². The van der Waals surface area contributed by atoms with E-state index in [1.165, 1.54) is 0 Å². The van der Waals surface area contributed by atoms with Crippen LogP contribution >= 0.6 is 15.9 Å². The molecule has 1 aliphatic heterocycles. The Morgan fingerprint density at radius 2 is 2.26 bits per heavy atom. The van der Waals surface area contributed by atoms with Gasteiger partial charge in [-0.2, -0.15) is 0 Å². The number of likely N-dealkylation sites (tertiary alicyclic amines) is 1. The average molecular weight is 328 g/mol. The first-order valence-electron chi connectivity index (χ1n) is 6.45. The van der Waals surface area contributed by atoms with Crippen molar-refractivity contribution in [3.8, 4) is 0 Å². The minimum Gasteiger partial charge on any atom is -0.478 e. The zero-order valence-corrected chi connectivity index (χ0v) is 12.3. The van der Waals surface area contributed by atoms with E-state index in [0.29, 0.717) is 11.5 Å². The van der Waals surface area contributed by atoms with Crippen LogP contribution in [0.5, 0.6) is 0 Å². The molecule has 1 heterocycles. The molecule has 0 radical (unpaired) electrons. The molecule has 0 aliphatic carbocycles. The fourth-order valence-electron chi connectivity index (χ4n) is 2.49. The van der Waals surface area contributed by atoms with Crippen LogP contribution in [0.1, 0.15) is 28.8 Å². The summed E-state index contributed by atoms with van der Waals surface area (Å²) in [4.78, 5) is 13.2. The van der Waals surface area contributed by atoms with E-state index >= 15 is 0 Å². The number of halogens is 1. The van der Waals surface area contributed by atoms with Crippen LogP contribution in [0.25, 0.3) is 0 Å². The number of rotatable bonds is 4. The van der Waals surface area contributed by atoms with Crippen molar-refractivity contribution in [2.24, 2.45) is 5.92 Å². The molecule has 19 heavy (non-hydrogen) atoms. The van der Waals surface area contributed by atoms with E-state index in [-0.39, 0.29) is 6.61 Å². The molecular formula is C14H18BrNO3. The predicted octanol–water partition coefficient (Wildman–Crippen LogP) is 2.35. The van der Waals surface area contributed by atoms with E-state index in [1.54, 1.807) is 12.1 Å². The van der Waals surface area contributed by atoms with E-state index in [4.69, 9.17) is 5.11 Å². The van der Waals surface area contributed by atoms with Gasteiger partial charge in [-0.05, 0) is 43.0 Å². The van der Waals surface area contributed by atoms with Gasteiger partial charge in [-0.25, -0.2) is 4.79 Å². The number of aromatic carboxylic acids is 1. The van der Waals surface area contributed by atoms with Crippen molar-refractivity contribution < 1.29 is 15.0 Å². The highest BCUT2D eigenvalue weighted by molar-refractivity contribution is 9.10. The second-order valence-electron chi connectivity index (χ2n) is 5.04. The van der Waals surface area contributed by atoms with E-state index < -0.39 is 5.97 Å². The van der Waals surface area contributed by atoms with E-state index in [1.807, 2.05) is 6.07 Å². The van der Waals surface area contributed by atoms with Gasteiger partial charge in [-0.1, -0.05) is 22.0 Å². The number of benzene rings is 1. The molecule has 1 aliphatic rings. The summed E-state index contributed by atoms with van der Waals surface area (Å²) in [6.07, 6.45) is 2.20. The Hall–Kier alpha value is -0.910. The predicted molar refractivity (Wildman–Crippen MR) is 76.2 cm³/mol. The largest absolute Gasteiger partial charge is 0.478 e. The summed E-state index contributed by atoms with van der Waals surface area (Å²) in [6, 6.07) is 5.14. The van der Waals surface area contributed by atoms with Gasteiger partial charge in [0, 0.05) is 24.2 Å². The van der Waals surface area contributed by atoms with E-state index in [9.17, 15) is 9.90 Å². The molecule has 1 aromatic carbocycles. The molecular weight excluding hydrogens is 310 g/mol. The average Bonchev–Trinajstić information content (AvgIpc) is 2.41. The third kappa shape index (κ3) is 3.78. The first-order chi connectivity index (χ1) is 9.10. The second-order valence-corrected chi connectivity index (χ2v) is 5.89. The molecule has 0 bridgehead atoms. The van der Waals surface area contributed by atoms with Crippen LogP contribution in [-0.4, -0.2) is 40.8 Å². The van der Waals surface area contributed by atoms with Crippen LogP contribution in [0.2, 0.25) is 0 Å². The van der Waals surface area contributed by atoms with Crippen molar-refractivity contribution in [2.75, 3.05) is 19.7 Å². The van der Waals surface area contributed by atoms with Gasteiger partial charge in [-0.3, -0.25) is 4.90 Å². The van der Waals surface area contributed by atoms with Gasteiger partial charge in [0.2, 0.25) is 0 Å². The number of aliphatic hydroxyl groups excluding tert-OH is 1. The highest BCUT2D eigenvalue weighted by atomic mass is 79.9. The fourth-order valence-corrected chi connectivity index (χ4v) is 3.00. The zero-order chi connectivity index (χ0) is 13.8. The lowest BCUT2D eigenvalue weighted by atomic mass is 9.98. The Bertz CT molecular complexity index is 464. The third-order valence-corrected chi connectivity index (χ3v) is 4.29. The van der Waals surface area contributed by atoms with E-state index in [0.717, 1.165) is 42.5 Å². The number of nitrogens with zero attached hydrogens (tertiary/aromatic N) is 1. The highest BCUT2D eigenvalue weighted by Gasteiger charge is 2.20. The molecule has 1 unspecified atom stereocenters. The number of hydrogen-bond donors (Lipinski definition) is 2. The van der Waals surface area contributed by atoms with Crippen LogP contribution < -0.4 is 0 Å². The third-order valence-electron chi connectivity index (χ3n) is 3.56. The van der Waals surface area contributed by atoms with Crippen molar-refractivity contribution >= 4 is 21.9 Å². The van der Waals surface area contributed by atoms with Crippen molar-refractivity contribution in [3.05, 3.63) is 33.8 Å². The molecule has 5 heteroatoms. The summed E-state index contributed by atoms with van der Waals surface area (Å²) in [5.74, 6) is -0.545. The van der Waals surface area contributed by atoms with Crippen molar-refractivity contribution in [2.45, 2.75) is 19.4 Å². The molecule has 1 aromatic rings. The Morgan fingerprint density at radius 3 is 2.89 bits per heavy atom. The first kappa shape index (κ1) is 14.5. The van der Waals surface area contributed by atoms with Crippen molar-refractivity contribution in [3.63, 3.8) is 0 Å². The van der Waals surface area contributed by atoms with Crippen LogP contribution in [-0.2, 0) is 6.54 Å². The number of carboxylic acid groups (broad SMARTS) is 1. The number of hydrogen-bond acceptors (Lipinski definition) is 3. The van der Waals surface area contributed by atoms with Crippen molar-refractivity contribution in [1.82, 2.24) is 4.90 Å². The van der Waals surface area contributed by atoms with Gasteiger partial charge in [0.25, 0.3) is 0 Å². The summed E-state index contributed by atoms with van der Waals surface area (Å²) in [7, 11) is 0. The molecule has 1 fully saturated rings. The molecule has 0 aromatic heterocycles. The van der Waals surface area contributed by atoms with Crippen molar-refractivity contribution in [1.29, 1.82) is 0 Å². The van der Waals surface area contributed by atoms with Crippen LogP contribution in [0.3, 0.4) is 0 Å². The smallest absolute Gasteiger partial charge is 0.335 e. The van der Waals surface area contributed by atoms with Gasteiger partial charge in [0.1, 0.15) is 0 Å². The number of carboxylic acids is 1. The maximum Gasteiger partial charge on any atom is 0.335 e. The van der Waals surface area contributed by atoms with Gasteiger partial charge in [0.05, 0.1) is 5.56 Å². The number of aliphatic hydroxyl groups is 1. The maximum absolute atomic E-state index is 10.9. The zero-order valence-electron chi connectivity index (χ0n) is 10.7. The summed E-state index contributed by atoms with van der Waals surface area (Å²) in [6.45, 7) is 2.97. The summed E-state index contributed by atoms with van der Waals surface area (Å²) < 4.78 is 0.832. The van der Waals surface area contributed by atoms with Crippen LogP contribution in [0.4, 0.5) is 0 Å². The molecule has 4 nitrogen and oxygen atoms in total. The molecule has 1 atom stereocenters. The summed E-state index contributed by atoms with van der Waals surface area (Å²) in [5, 5.41) is 18.2. The second kappa shape index (κ2) is 6.50. The standard InChI is InChI=1S/C14H18BrNO3/c15-13-6-11(14(18)19)3-4-12(13)8-16-5-1-2-10(7-16)9-17/h3-4,6,10,17H,1-2,5,7-9H2,(H,18,19). The Labute approximate surface area is 121 Å². The van der Waals surface area contributed by atoms with Gasteiger partial charge in [0.15, 0.2) is 0 Å². The SMILES string of the molecule is O=C(O)c1ccc(CN2CCCC(CO)C2)c(Br)c1. The first-order valence-corrected chi connectivity index (χ1v) is 7.24. The van der Waals surface area contributed by atoms with Crippen LogP contribution in [0.15, 0.2) is 22.7 Å². The number of piperidine rings is 1. The minimum atomic E-state index is -0.912.